The number of unbranched alkanes of at least 4 members (excludes halogenated alkanes) is 2. The Kier molecular flexibility index (Phi) is 27.4. The number of amides is 6. The quantitative estimate of drug-likeness (QED) is 0.0368. The molecule has 3 N–H and O–H groups in total. The molecular weight excluding hydrogens is 1070 g/mol. The summed E-state index contributed by atoms with van der Waals surface area (Å²) in [6.07, 6.45) is 5.94. The zero-order valence-corrected chi connectivity index (χ0v) is 52.4. The van der Waals surface area contributed by atoms with E-state index in [4.69, 9.17) is 9.47 Å². The number of fused-ring (bicyclic) bond motifs is 1. The Labute approximate surface area is 499 Å². The molecular formula is C66H99N7O11. The average Bonchev–Trinajstić information content (AvgIpc) is 3.56. The van der Waals surface area contributed by atoms with Gasteiger partial charge in [0.25, 0.3) is 0 Å². The van der Waals surface area contributed by atoms with Gasteiger partial charge in [0.1, 0.15) is 5.78 Å². The largest absolute Gasteiger partial charge is 0.379 e. The van der Waals surface area contributed by atoms with Crippen molar-refractivity contribution in [2.45, 2.75) is 182 Å². The summed E-state index contributed by atoms with van der Waals surface area (Å²) in [6.45, 7) is 17.0. The lowest BCUT2D eigenvalue weighted by Crippen LogP contribution is -2.54. The van der Waals surface area contributed by atoms with E-state index < -0.39 is 48.1 Å². The van der Waals surface area contributed by atoms with E-state index in [0.29, 0.717) is 77.5 Å². The number of likely N-dealkylation sites (N-methyl/N-ethyl adjacent to an activating group) is 2. The maximum atomic E-state index is 14.9. The molecule has 3 heterocycles. The van der Waals surface area contributed by atoms with Gasteiger partial charge < -0.3 is 34.9 Å². The molecule has 2 aliphatic heterocycles. The van der Waals surface area contributed by atoms with Gasteiger partial charge in [-0.05, 0) is 87.1 Å². The molecule has 2 aromatic carbocycles. The topological polar surface area (TPSA) is 225 Å². The van der Waals surface area contributed by atoms with Crippen molar-refractivity contribution in [3.05, 3.63) is 71.9 Å². The Morgan fingerprint density at radius 3 is 2.14 bits per heavy atom. The van der Waals surface area contributed by atoms with Crippen LogP contribution >= 0.6 is 0 Å². The first kappa shape index (κ1) is 68.7. The third-order valence-corrected chi connectivity index (χ3v) is 17.8. The molecule has 1 aromatic heterocycles. The lowest BCUT2D eigenvalue weighted by molar-refractivity contribution is -0.149. The summed E-state index contributed by atoms with van der Waals surface area (Å²) in [5.41, 5.74) is 2.85. The van der Waals surface area contributed by atoms with Gasteiger partial charge in [-0.3, -0.25) is 53.0 Å². The highest BCUT2D eigenvalue weighted by Crippen LogP contribution is 2.33. The van der Waals surface area contributed by atoms with E-state index in [2.05, 4.69) is 15.6 Å². The van der Waals surface area contributed by atoms with Crippen molar-refractivity contribution in [1.82, 2.24) is 35.2 Å². The van der Waals surface area contributed by atoms with E-state index in [-0.39, 0.29) is 122 Å². The van der Waals surface area contributed by atoms with Crippen molar-refractivity contribution >= 4 is 63.7 Å². The van der Waals surface area contributed by atoms with E-state index in [0.717, 1.165) is 22.0 Å². The maximum absolute atomic E-state index is 14.9. The predicted molar refractivity (Wildman–Crippen MR) is 325 cm³/mol. The summed E-state index contributed by atoms with van der Waals surface area (Å²) in [5.74, 6) is -4.06. The van der Waals surface area contributed by atoms with E-state index >= 15 is 0 Å². The zero-order chi connectivity index (χ0) is 61.8. The van der Waals surface area contributed by atoms with Crippen LogP contribution in [-0.2, 0) is 65.6 Å². The zero-order valence-electron chi connectivity index (χ0n) is 52.4. The van der Waals surface area contributed by atoms with Gasteiger partial charge in [-0.25, -0.2) is 0 Å². The Hall–Kier alpha value is -6.11. The molecule has 0 spiro atoms. The average molecular weight is 1170 g/mol. The van der Waals surface area contributed by atoms with Gasteiger partial charge in [0.05, 0.1) is 43.3 Å². The lowest BCUT2D eigenvalue weighted by Gasteiger charge is -2.41. The molecule has 0 aliphatic carbocycles. The molecule has 2 fully saturated rings. The minimum absolute atomic E-state index is 0.00338. The number of likely N-dealkylation sites (tertiary alicyclic amines) is 2. The standard InChI is InChI=1S/C66H99N7O11/c1-13-44(6)62(71(10)66(82)52(42(2)3)37-56(76)61(43(4)5)70(9)31-22-26-50(74)41-68-58(77)30-18-15-21-32-73-59(78)34-45(7)65(73)81)57(83-11)38-60(79)72-33-23-29-54(72)63(84-12)46(8)55(75)36-48(64(80)69-39-47-24-16-14-17-25-47)35-49-40-67-53-28-20-19-27-51(49)53/h14,16-17,19-20,24-25,27-28,40,42-46,48,52,54,57,61-63,67H,13,15,18,21-23,26,29-39,41H2,1-12H3,(H,68,77)(H,69,80)/t44-,45?,46-,48+,52-,54-,57+,61-,62-,63+/m0/s1. The van der Waals surface area contributed by atoms with Gasteiger partial charge in [-0.1, -0.05) is 117 Å². The minimum atomic E-state index is -0.696. The van der Waals surface area contributed by atoms with E-state index in [1.165, 1.54) is 4.90 Å². The van der Waals surface area contributed by atoms with Crippen molar-refractivity contribution in [1.29, 1.82) is 0 Å². The van der Waals surface area contributed by atoms with Crippen LogP contribution in [0.15, 0.2) is 60.8 Å². The second-order valence-corrected chi connectivity index (χ2v) is 24.6. The summed E-state index contributed by atoms with van der Waals surface area (Å²) >= 11 is 0. The molecule has 10 atom stereocenters. The minimum Gasteiger partial charge on any atom is -0.379 e. The first-order valence-electron chi connectivity index (χ1n) is 30.9. The van der Waals surface area contributed by atoms with Gasteiger partial charge >= 0.3 is 0 Å². The Morgan fingerprint density at radius 1 is 0.798 bits per heavy atom. The molecule has 3 aromatic rings. The second kappa shape index (κ2) is 33.5. The van der Waals surface area contributed by atoms with E-state index in [1.54, 1.807) is 38.0 Å². The van der Waals surface area contributed by atoms with Gasteiger partial charge in [0.2, 0.25) is 35.4 Å². The van der Waals surface area contributed by atoms with E-state index in [1.807, 2.05) is 121 Å². The molecule has 18 heteroatoms. The van der Waals surface area contributed by atoms with Crippen LogP contribution in [0, 0.1) is 41.4 Å². The molecule has 0 radical (unpaired) electrons. The highest BCUT2D eigenvalue weighted by molar-refractivity contribution is 6.03. The van der Waals surface area contributed by atoms with E-state index in [9.17, 15) is 43.2 Å². The number of ketones is 3. The summed E-state index contributed by atoms with van der Waals surface area (Å²) in [6, 6.07) is 16.1. The summed E-state index contributed by atoms with van der Waals surface area (Å²) < 4.78 is 12.3. The molecule has 2 aliphatic rings. The van der Waals surface area contributed by atoms with Gasteiger partial charge in [-0.2, -0.15) is 0 Å². The number of nitrogens with one attached hydrogen (secondary N) is 3. The fourth-order valence-electron chi connectivity index (χ4n) is 12.7. The van der Waals surface area contributed by atoms with Gasteiger partial charge in [-0.15, -0.1) is 0 Å². The number of carbonyl (C=O) groups excluding carboxylic acids is 9. The molecule has 2 saturated heterocycles. The molecule has 18 nitrogen and oxygen atoms in total. The van der Waals surface area contributed by atoms with Crippen LogP contribution in [0.1, 0.15) is 150 Å². The number of rotatable bonds is 37. The van der Waals surface area contributed by atoms with Crippen LogP contribution in [0.2, 0.25) is 0 Å². The number of imide groups is 1. The molecule has 5 rings (SSSR count). The van der Waals surface area contributed by atoms with Crippen molar-refractivity contribution in [3.8, 4) is 0 Å². The van der Waals surface area contributed by atoms with Crippen LogP contribution in [-0.4, -0.2) is 162 Å². The lowest BCUT2D eigenvalue weighted by atomic mass is 9.83. The fourth-order valence-corrected chi connectivity index (χ4v) is 12.7. The number of hydrogen-bond donors (Lipinski definition) is 3. The van der Waals surface area contributed by atoms with Crippen LogP contribution < -0.4 is 10.6 Å². The number of aromatic amines is 1. The van der Waals surface area contributed by atoms with Crippen molar-refractivity contribution < 1.29 is 52.6 Å². The second-order valence-electron chi connectivity index (χ2n) is 24.6. The summed E-state index contributed by atoms with van der Waals surface area (Å²) in [5, 5.41) is 6.78. The van der Waals surface area contributed by atoms with Crippen LogP contribution in [0.4, 0.5) is 0 Å². The molecule has 1 unspecified atom stereocenters. The Morgan fingerprint density at radius 2 is 1.50 bits per heavy atom. The highest BCUT2D eigenvalue weighted by Gasteiger charge is 2.44. The van der Waals surface area contributed by atoms with Crippen molar-refractivity contribution in [2.75, 3.05) is 54.5 Å². The van der Waals surface area contributed by atoms with Gasteiger partial charge in [0.15, 0.2) is 11.6 Å². The van der Waals surface area contributed by atoms with Crippen LogP contribution in [0.3, 0.4) is 0 Å². The number of benzene rings is 2. The number of H-pyrrole nitrogens is 1. The first-order valence-corrected chi connectivity index (χ1v) is 30.9. The number of para-hydroxylation sites is 1. The maximum Gasteiger partial charge on any atom is 0.232 e. The number of ether oxygens (including phenoxy) is 2. The third kappa shape index (κ3) is 18.9. The number of Topliss-reactive ketones (excluding diaryl/α,β-unsaturated/α-hetero) is 3. The molecule has 84 heavy (non-hydrogen) atoms. The number of methoxy groups -OCH3 is 2. The van der Waals surface area contributed by atoms with Crippen LogP contribution in [0.25, 0.3) is 10.9 Å². The van der Waals surface area contributed by atoms with Crippen molar-refractivity contribution in [2.24, 2.45) is 41.4 Å². The predicted octanol–water partition coefficient (Wildman–Crippen LogP) is 8.13. The van der Waals surface area contributed by atoms with Gasteiger partial charge in [0, 0.05) is 114 Å². The summed E-state index contributed by atoms with van der Waals surface area (Å²) in [7, 11) is 6.73. The Bertz CT molecular complexity index is 2670. The highest BCUT2D eigenvalue weighted by atomic mass is 16.5. The molecule has 464 valence electrons. The molecule has 0 bridgehead atoms. The fraction of sp³-hybridized carbons (Fsp3) is 0.652. The number of carbonyl (C=O) groups is 9. The normalized spacial score (nSPS) is 18.4. The Balaban J connectivity index is 1.17. The smallest absolute Gasteiger partial charge is 0.232 e. The number of hydrogen-bond acceptors (Lipinski definition) is 12. The first-order chi connectivity index (χ1) is 40.0. The summed E-state index contributed by atoms with van der Waals surface area (Å²) in [4.78, 5) is 132. The SMILES string of the molecule is CC[C@H](C)[C@@H]([C@@H](CC(=O)N1CCC[C@H]1[C@H](OC)[C@@H](C)C(=O)C[C@@H](Cc1c[nH]c2ccccc12)C(=O)NCc1ccccc1)OC)N(C)C(=O)[C@@H](CC(=O)[C@H](C(C)C)N(C)CCCC(=O)CNC(=O)CCCCCN1C(=O)CC(C)C1=O)C(C)C. The third-order valence-electron chi connectivity index (χ3n) is 17.8. The number of nitrogens with zero attached hydrogens (tertiary/aromatic N) is 4. The molecule has 0 saturated carbocycles. The monoisotopic (exact) mass is 1170 g/mol. The molecule has 6 amide bonds. The van der Waals surface area contributed by atoms with Crippen LogP contribution in [0.5, 0.6) is 0 Å². The number of aromatic nitrogens is 1. The van der Waals surface area contributed by atoms with Crippen molar-refractivity contribution in [3.63, 3.8) is 0 Å².